The minimum atomic E-state index is -4.27. The maximum atomic E-state index is 14.1. The van der Waals surface area contributed by atoms with Gasteiger partial charge in [-0.15, -0.1) is 0 Å². The van der Waals surface area contributed by atoms with Gasteiger partial charge in [0.2, 0.25) is 11.8 Å². The lowest BCUT2D eigenvalue weighted by Crippen LogP contribution is -2.53. The largest absolute Gasteiger partial charge is 0.494 e. The van der Waals surface area contributed by atoms with Crippen molar-refractivity contribution in [1.82, 2.24) is 10.2 Å². The molecule has 0 radical (unpaired) electrons. The van der Waals surface area contributed by atoms with E-state index in [1.54, 1.807) is 19.1 Å². The average molecular weight is 610 g/mol. The van der Waals surface area contributed by atoms with Crippen LogP contribution in [0.3, 0.4) is 0 Å². The lowest BCUT2D eigenvalue weighted by Gasteiger charge is -2.33. The molecule has 1 N–H and O–H groups in total. The first-order chi connectivity index (χ1) is 20.6. The quantitative estimate of drug-likeness (QED) is 0.289. The fourth-order valence-corrected chi connectivity index (χ4v) is 6.59. The Labute approximate surface area is 253 Å². The molecule has 1 aliphatic rings. The van der Waals surface area contributed by atoms with Crippen LogP contribution in [0, 0.1) is 12.7 Å². The van der Waals surface area contributed by atoms with Crippen LogP contribution < -0.4 is 14.4 Å². The molecule has 1 aliphatic carbocycles. The highest BCUT2D eigenvalue weighted by Crippen LogP contribution is 2.26. The highest BCUT2D eigenvalue weighted by molar-refractivity contribution is 7.92. The van der Waals surface area contributed by atoms with Gasteiger partial charge in [-0.1, -0.05) is 49.1 Å². The van der Waals surface area contributed by atoms with Crippen molar-refractivity contribution in [1.29, 1.82) is 0 Å². The third-order valence-corrected chi connectivity index (χ3v) is 9.50. The van der Waals surface area contributed by atoms with Crippen molar-refractivity contribution in [3.05, 3.63) is 89.7 Å². The topological polar surface area (TPSA) is 96.0 Å². The molecular formula is C33H40FN3O5S. The molecule has 0 aliphatic heterocycles. The molecule has 1 saturated carbocycles. The van der Waals surface area contributed by atoms with Crippen LogP contribution in [0.1, 0.15) is 57.1 Å². The average Bonchev–Trinajstić information content (AvgIpc) is 3.00. The molecule has 0 bridgehead atoms. The maximum Gasteiger partial charge on any atom is 0.264 e. The van der Waals surface area contributed by atoms with Crippen molar-refractivity contribution in [2.75, 3.05) is 17.5 Å². The van der Waals surface area contributed by atoms with Crippen molar-refractivity contribution in [3.8, 4) is 5.75 Å². The number of ether oxygens (including phenoxy) is 1. The number of anilines is 1. The fraction of sp³-hybridized carbons (Fsp3) is 0.394. The minimum Gasteiger partial charge on any atom is -0.494 e. The summed E-state index contributed by atoms with van der Waals surface area (Å²) in [6.45, 7) is 5.39. The summed E-state index contributed by atoms with van der Waals surface area (Å²) in [7, 11) is -4.27. The Bertz CT molecular complexity index is 1470. The molecule has 2 amide bonds. The van der Waals surface area contributed by atoms with Crippen LogP contribution in [-0.4, -0.2) is 50.4 Å². The molecule has 3 aromatic rings. The van der Waals surface area contributed by atoms with Crippen LogP contribution in [0.2, 0.25) is 0 Å². The third kappa shape index (κ3) is 8.34. The van der Waals surface area contributed by atoms with E-state index in [-0.39, 0.29) is 29.1 Å². The predicted molar refractivity (Wildman–Crippen MR) is 165 cm³/mol. The number of rotatable bonds is 12. The first-order valence-corrected chi connectivity index (χ1v) is 16.2. The predicted octanol–water partition coefficient (Wildman–Crippen LogP) is 5.59. The Balaban J connectivity index is 1.66. The molecule has 10 heteroatoms. The van der Waals surface area contributed by atoms with Gasteiger partial charge in [0.25, 0.3) is 10.0 Å². The van der Waals surface area contributed by atoms with Crippen molar-refractivity contribution in [2.45, 2.75) is 76.4 Å². The van der Waals surface area contributed by atoms with Crippen LogP contribution in [-0.2, 0) is 26.2 Å². The zero-order chi connectivity index (χ0) is 31.0. The van der Waals surface area contributed by atoms with Crippen LogP contribution in [0.4, 0.5) is 10.1 Å². The van der Waals surface area contributed by atoms with E-state index in [0.29, 0.717) is 12.4 Å². The van der Waals surface area contributed by atoms with E-state index in [1.807, 2.05) is 38.1 Å². The highest BCUT2D eigenvalue weighted by atomic mass is 32.2. The summed E-state index contributed by atoms with van der Waals surface area (Å²) in [5.41, 5.74) is 1.98. The van der Waals surface area contributed by atoms with Crippen LogP contribution >= 0.6 is 0 Å². The van der Waals surface area contributed by atoms with E-state index in [4.69, 9.17) is 4.74 Å². The van der Waals surface area contributed by atoms with Crippen LogP contribution in [0.25, 0.3) is 0 Å². The van der Waals surface area contributed by atoms with Gasteiger partial charge in [-0.2, -0.15) is 0 Å². The zero-order valence-electron chi connectivity index (χ0n) is 25.0. The number of nitrogens with zero attached hydrogens (tertiary/aromatic N) is 2. The summed E-state index contributed by atoms with van der Waals surface area (Å²) in [4.78, 5) is 28.8. The SMILES string of the molecule is CCOc1ccc(S(=O)(=O)N(CC(=O)N(Cc2ccc(C)cc2)[C@@H](C)C(=O)NC2CCCCC2)c2ccc(F)cc2)cc1. The molecule has 1 atom stereocenters. The van der Waals surface area contributed by atoms with Gasteiger partial charge in [-0.25, -0.2) is 12.8 Å². The Morgan fingerprint density at radius 3 is 2.19 bits per heavy atom. The Kier molecular flexibility index (Phi) is 10.8. The van der Waals surface area contributed by atoms with E-state index in [0.717, 1.165) is 59.7 Å². The fourth-order valence-electron chi connectivity index (χ4n) is 5.18. The third-order valence-electron chi connectivity index (χ3n) is 7.71. The monoisotopic (exact) mass is 609 g/mol. The number of amides is 2. The van der Waals surface area contributed by atoms with E-state index in [9.17, 15) is 22.4 Å². The first-order valence-electron chi connectivity index (χ1n) is 14.7. The molecule has 43 heavy (non-hydrogen) atoms. The van der Waals surface area contributed by atoms with Crippen molar-refractivity contribution in [2.24, 2.45) is 0 Å². The Morgan fingerprint density at radius 2 is 1.58 bits per heavy atom. The van der Waals surface area contributed by atoms with Crippen LogP contribution in [0.5, 0.6) is 5.75 Å². The molecular weight excluding hydrogens is 569 g/mol. The molecule has 0 heterocycles. The normalized spacial score (nSPS) is 14.5. The van der Waals surface area contributed by atoms with Gasteiger partial charge in [0.1, 0.15) is 24.2 Å². The standard InChI is InChI=1S/C33H40FN3O5S/c1-4-42-30-18-20-31(21-19-30)43(40,41)37(29-16-14-27(34)15-17-29)23-32(38)36(22-26-12-10-24(2)11-13-26)25(3)33(39)35-28-8-6-5-7-9-28/h10-21,25,28H,4-9,22-23H2,1-3H3,(H,35,39)/t25-/m0/s1. The number of hydrogen-bond acceptors (Lipinski definition) is 5. The van der Waals surface area contributed by atoms with Gasteiger partial charge in [0.15, 0.2) is 0 Å². The second-order valence-corrected chi connectivity index (χ2v) is 12.8. The molecule has 230 valence electrons. The molecule has 0 spiro atoms. The number of hydrogen-bond donors (Lipinski definition) is 1. The molecule has 0 saturated heterocycles. The number of halogens is 1. The highest BCUT2D eigenvalue weighted by Gasteiger charge is 2.33. The van der Waals surface area contributed by atoms with Crippen molar-refractivity contribution < 1.29 is 27.1 Å². The van der Waals surface area contributed by atoms with Gasteiger partial charge in [-0.3, -0.25) is 13.9 Å². The van der Waals surface area contributed by atoms with E-state index in [1.165, 1.54) is 29.2 Å². The van der Waals surface area contributed by atoms with Gasteiger partial charge in [0, 0.05) is 12.6 Å². The molecule has 0 unspecified atom stereocenters. The van der Waals surface area contributed by atoms with E-state index >= 15 is 0 Å². The Morgan fingerprint density at radius 1 is 0.953 bits per heavy atom. The van der Waals surface area contributed by atoms with Gasteiger partial charge < -0.3 is 15.0 Å². The number of aryl methyl sites for hydroxylation is 1. The summed E-state index contributed by atoms with van der Waals surface area (Å²) in [5, 5.41) is 3.09. The van der Waals surface area contributed by atoms with Gasteiger partial charge in [0.05, 0.1) is 17.2 Å². The second-order valence-electron chi connectivity index (χ2n) is 10.9. The van der Waals surface area contributed by atoms with Crippen molar-refractivity contribution in [3.63, 3.8) is 0 Å². The Hall–Kier alpha value is -3.92. The molecule has 1 fully saturated rings. The summed E-state index contributed by atoms with van der Waals surface area (Å²) in [5.74, 6) is -0.879. The van der Waals surface area contributed by atoms with Crippen LogP contribution in [0.15, 0.2) is 77.7 Å². The molecule has 8 nitrogen and oxygen atoms in total. The summed E-state index contributed by atoms with van der Waals surface area (Å²) < 4.78 is 48.1. The number of carbonyl (C=O) groups is 2. The maximum absolute atomic E-state index is 14.1. The van der Waals surface area contributed by atoms with E-state index in [2.05, 4.69) is 5.32 Å². The lowest BCUT2D eigenvalue weighted by atomic mass is 9.95. The first kappa shape index (κ1) is 32.0. The number of benzene rings is 3. The number of carbonyl (C=O) groups excluding carboxylic acids is 2. The number of sulfonamides is 1. The van der Waals surface area contributed by atoms with Crippen molar-refractivity contribution >= 4 is 27.5 Å². The second kappa shape index (κ2) is 14.5. The zero-order valence-corrected chi connectivity index (χ0v) is 25.8. The summed E-state index contributed by atoms with van der Waals surface area (Å²) in [6.07, 6.45) is 5.01. The summed E-state index contributed by atoms with van der Waals surface area (Å²) >= 11 is 0. The smallest absolute Gasteiger partial charge is 0.264 e. The molecule has 0 aromatic heterocycles. The number of nitrogens with one attached hydrogen (secondary N) is 1. The van der Waals surface area contributed by atoms with E-state index < -0.39 is 34.3 Å². The minimum absolute atomic E-state index is 0.0516. The lowest BCUT2D eigenvalue weighted by molar-refractivity contribution is -0.139. The summed E-state index contributed by atoms with van der Waals surface area (Å²) in [6, 6.07) is 17.6. The molecule has 4 rings (SSSR count). The van der Waals surface area contributed by atoms with Gasteiger partial charge in [-0.05, 0) is 87.7 Å². The van der Waals surface area contributed by atoms with Gasteiger partial charge >= 0.3 is 0 Å². The molecule has 3 aromatic carbocycles.